The van der Waals surface area contributed by atoms with E-state index < -0.39 is 27.7 Å². The number of amides is 1. The van der Waals surface area contributed by atoms with Crippen LogP contribution < -0.4 is 10.8 Å². The van der Waals surface area contributed by atoms with Gasteiger partial charge in [-0.25, -0.2) is 22.9 Å². The van der Waals surface area contributed by atoms with Crippen molar-refractivity contribution in [1.82, 2.24) is 0 Å². The third-order valence-corrected chi connectivity index (χ3v) is 8.38. The van der Waals surface area contributed by atoms with Crippen LogP contribution in [0.2, 0.25) is 0 Å². The highest BCUT2D eigenvalue weighted by atomic mass is 32.2. The van der Waals surface area contributed by atoms with Gasteiger partial charge < -0.3 is 15.2 Å². The molecule has 12 nitrogen and oxygen atoms in total. The molecule has 0 bridgehead atoms. The molecule has 4 aromatic rings. The second kappa shape index (κ2) is 14.6. The van der Waals surface area contributed by atoms with E-state index in [0.717, 1.165) is 0 Å². The molecule has 1 amide bonds. The minimum atomic E-state index is -3.91. The van der Waals surface area contributed by atoms with Gasteiger partial charge in [0, 0.05) is 5.69 Å². The van der Waals surface area contributed by atoms with Gasteiger partial charge in [-0.3, -0.25) is 20.4 Å². The Kier molecular flexibility index (Phi) is 10.6. The molecule has 0 unspecified atom stereocenters. The van der Waals surface area contributed by atoms with Crippen molar-refractivity contribution in [3.05, 3.63) is 118 Å². The molecule has 0 spiro atoms. The molecule has 45 heavy (non-hydrogen) atoms. The van der Waals surface area contributed by atoms with Crippen molar-refractivity contribution in [2.45, 2.75) is 36.9 Å². The average Bonchev–Trinajstić information content (AvgIpc) is 3.02. The molecular formula is C32H30N2O10S. The van der Waals surface area contributed by atoms with Gasteiger partial charge in [-0.05, 0) is 97.8 Å². The Morgan fingerprint density at radius 2 is 1.42 bits per heavy atom. The molecule has 0 aliphatic heterocycles. The Morgan fingerprint density at radius 1 is 0.778 bits per heavy atom. The standard InChI is InChI=1S/C32H30N2O10S/c1-3-42-32(38)21-5-6-22(19-44-39)23(17-21)18-43-34-25-9-13-27(14-10-25)45(40,41)26-11-7-24(8-12-26)33-30(35)29-16-20(2)4-15-28(29)31(36)37/h4-17,34,39H,3,18-19H2,1-2H3,(H,33,35)(H,36,37). The molecule has 0 aliphatic carbocycles. The Balaban J connectivity index is 1.40. The van der Waals surface area contributed by atoms with E-state index in [1.807, 2.05) is 0 Å². The highest BCUT2D eigenvalue weighted by Gasteiger charge is 2.20. The number of sulfone groups is 1. The van der Waals surface area contributed by atoms with Gasteiger partial charge in [0.1, 0.15) is 13.2 Å². The highest BCUT2D eigenvalue weighted by molar-refractivity contribution is 7.91. The van der Waals surface area contributed by atoms with Crippen LogP contribution in [-0.2, 0) is 37.5 Å². The van der Waals surface area contributed by atoms with Crippen molar-refractivity contribution >= 4 is 39.1 Å². The zero-order chi connectivity index (χ0) is 32.6. The van der Waals surface area contributed by atoms with E-state index >= 15 is 0 Å². The van der Waals surface area contributed by atoms with Crippen LogP contribution in [0.15, 0.2) is 94.7 Å². The Labute approximate surface area is 259 Å². The summed E-state index contributed by atoms with van der Waals surface area (Å²) in [5, 5.41) is 20.9. The third-order valence-electron chi connectivity index (χ3n) is 6.59. The fourth-order valence-corrected chi connectivity index (χ4v) is 5.56. The van der Waals surface area contributed by atoms with E-state index in [2.05, 4.69) is 15.7 Å². The number of anilines is 2. The Hall–Kier alpha value is -5.08. The van der Waals surface area contributed by atoms with Crippen LogP contribution in [0, 0.1) is 6.92 Å². The third kappa shape index (κ3) is 8.10. The van der Waals surface area contributed by atoms with Crippen LogP contribution in [0.1, 0.15) is 54.7 Å². The topological polar surface area (TPSA) is 178 Å². The van der Waals surface area contributed by atoms with Crippen molar-refractivity contribution in [2.24, 2.45) is 0 Å². The Morgan fingerprint density at radius 3 is 2.02 bits per heavy atom. The van der Waals surface area contributed by atoms with Crippen molar-refractivity contribution in [2.75, 3.05) is 17.4 Å². The fraction of sp³-hybridized carbons (Fsp3) is 0.156. The van der Waals surface area contributed by atoms with Crippen molar-refractivity contribution in [3.8, 4) is 0 Å². The van der Waals surface area contributed by atoms with Crippen LogP contribution in [0.4, 0.5) is 11.4 Å². The summed E-state index contributed by atoms with van der Waals surface area (Å²) in [5.41, 5.74) is 5.45. The molecule has 0 fully saturated rings. The lowest BCUT2D eigenvalue weighted by atomic mass is 10.0. The number of benzene rings is 4. The van der Waals surface area contributed by atoms with E-state index in [9.17, 15) is 27.9 Å². The quantitative estimate of drug-likeness (QED) is 0.0831. The number of esters is 1. The number of carboxylic acid groups (broad SMARTS) is 1. The largest absolute Gasteiger partial charge is 0.478 e. The summed E-state index contributed by atoms with van der Waals surface area (Å²) in [6.07, 6.45) is 0. The average molecular weight is 635 g/mol. The molecular weight excluding hydrogens is 604 g/mol. The zero-order valence-corrected chi connectivity index (χ0v) is 25.1. The fourth-order valence-electron chi connectivity index (χ4n) is 4.30. The van der Waals surface area contributed by atoms with E-state index in [1.54, 1.807) is 38.1 Å². The second-order valence-electron chi connectivity index (χ2n) is 9.73. The maximum atomic E-state index is 13.2. The number of carbonyl (C=O) groups excluding carboxylic acids is 2. The predicted octanol–water partition coefficient (Wildman–Crippen LogP) is 5.49. The summed E-state index contributed by atoms with van der Waals surface area (Å²) in [6.45, 7) is 3.50. The molecule has 4 aromatic carbocycles. The van der Waals surface area contributed by atoms with E-state index in [1.165, 1.54) is 60.7 Å². The van der Waals surface area contributed by atoms with Gasteiger partial charge in [0.05, 0.1) is 38.8 Å². The van der Waals surface area contributed by atoms with Gasteiger partial charge in [-0.1, -0.05) is 17.7 Å². The first-order chi connectivity index (χ1) is 21.5. The lowest BCUT2D eigenvalue weighted by Gasteiger charge is -2.13. The number of nitrogens with one attached hydrogen (secondary N) is 2. The molecule has 0 aromatic heterocycles. The molecule has 13 heteroatoms. The maximum Gasteiger partial charge on any atom is 0.338 e. The van der Waals surface area contributed by atoms with Gasteiger partial charge in [0.2, 0.25) is 9.84 Å². The van der Waals surface area contributed by atoms with Gasteiger partial charge in [-0.15, -0.1) is 0 Å². The summed E-state index contributed by atoms with van der Waals surface area (Å²) in [4.78, 5) is 46.1. The summed E-state index contributed by atoms with van der Waals surface area (Å²) in [6, 6.07) is 20.5. The monoisotopic (exact) mass is 634 g/mol. The first kappa shape index (κ1) is 32.8. The van der Waals surface area contributed by atoms with Gasteiger partial charge in [-0.2, -0.15) is 0 Å². The van der Waals surface area contributed by atoms with Crippen LogP contribution in [0.25, 0.3) is 0 Å². The lowest BCUT2D eigenvalue weighted by Crippen LogP contribution is -2.16. The van der Waals surface area contributed by atoms with E-state index in [4.69, 9.17) is 14.8 Å². The first-order valence-corrected chi connectivity index (χ1v) is 15.1. The minimum absolute atomic E-state index is 0.0123. The van der Waals surface area contributed by atoms with Crippen LogP contribution in [0.3, 0.4) is 0 Å². The maximum absolute atomic E-state index is 13.2. The Bertz CT molecular complexity index is 1810. The number of aromatic carboxylic acids is 1. The first-order valence-electron chi connectivity index (χ1n) is 13.6. The molecule has 0 atom stereocenters. The number of carbonyl (C=O) groups is 3. The SMILES string of the molecule is CCOC(=O)c1ccc(COO)c(CONc2ccc(S(=O)(=O)c3ccc(NC(=O)c4cc(C)ccc4C(=O)O)cc3)cc2)c1. The van der Waals surface area contributed by atoms with Gasteiger partial charge in [0.15, 0.2) is 0 Å². The molecule has 4 rings (SSSR count). The number of rotatable bonds is 13. The lowest BCUT2D eigenvalue weighted by molar-refractivity contribution is -0.253. The summed E-state index contributed by atoms with van der Waals surface area (Å²) >= 11 is 0. The summed E-state index contributed by atoms with van der Waals surface area (Å²) < 4.78 is 31.4. The molecule has 234 valence electrons. The normalized spacial score (nSPS) is 11.1. The number of ether oxygens (including phenoxy) is 1. The van der Waals surface area contributed by atoms with Crippen LogP contribution in [-0.4, -0.2) is 43.2 Å². The number of hydrogen-bond donors (Lipinski definition) is 4. The summed E-state index contributed by atoms with van der Waals surface area (Å²) in [7, 11) is -3.91. The smallest absolute Gasteiger partial charge is 0.338 e. The number of aryl methyl sites for hydroxylation is 1. The number of hydrogen-bond acceptors (Lipinski definition) is 10. The van der Waals surface area contributed by atoms with Crippen molar-refractivity contribution in [3.63, 3.8) is 0 Å². The number of carboxylic acids is 1. The molecule has 0 radical (unpaired) electrons. The predicted molar refractivity (Wildman–Crippen MR) is 163 cm³/mol. The van der Waals surface area contributed by atoms with E-state index in [-0.39, 0.29) is 46.4 Å². The minimum Gasteiger partial charge on any atom is -0.478 e. The van der Waals surface area contributed by atoms with Crippen molar-refractivity contribution in [1.29, 1.82) is 0 Å². The van der Waals surface area contributed by atoms with Gasteiger partial charge in [0.25, 0.3) is 5.91 Å². The summed E-state index contributed by atoms with van der Waals surface area (Å²) in [5.74, 6) is -2.38. The molecule has 0 saturated heterocycles. The second-order valence-corrected chi connectivity index (χ2v) is 11.7. The molecule has 0 heterocycles. The van der Waals surface area contributed by atoms with Crippen LogP contribution in [0.5, 0.6) is 0 Å². The molecule has 4 N–H and O–H groups in total. The zero-order valence-electron chi connectivity index (χ0n) is 24.3. The molecule has 0 saturated carbocycles. The van der Waals surface area contributed by atoms with Crippen molar-refractivity contribution < 1.29 is 47.6 Å². The van der Waals surface area contributed by atoms with Crippen LogP contribution >= 0.6 is 0 Å². The van der Waals surface area contributed by atoms with E-state index in [0.29, 0.717) is 27.9 Å². The molecule has 0 aliphatic rings. The van der Waals surface area contributed by atoms with Gasteiger partial charge >= 0.3 is 11.9 Å². The highest BCUT2D eigenvalue weighted by Crippen LogP contribution is 2.25.